The lowest BCUT2D eigenvalue weighted by atomic mass is 10.1. The molecule has 2 rings (SSSR count). The van der Waals surface area contributed by atoms with Crippen molar-refractivity contribution in [3.63, 3.8) is 0 Å². The van der Waals surface area contributed by atoms with E-state index in [0.717, 1.165) is 17.8 Å². The molecule has 16 heavy (non-hydrogen) atoms. The molecular formula is C11H7BrF3N. The number of hydrogen-bond donors (Lipinski definition) is 0. The van der Waals surface area contributed by atoms with E-state index in [9.17, 15) is 13.2 Å². The number of nitrogens with zero attached hydrogens (tertiary/aromatic N) is 1. The molecule has 1 nitrogen and oxygen atoms in total. The molecule has 0 atom stereocenters. The van der Waals surface area contributed by atoms with Gasteiger partial charge in [0, 0.05) is 10.7 Å². The molecule has 0 saturated heterocycles. The van der Waals surface area contributed by atoms with E-state index in [1.54, 1.807) is 12.1 Å². The van der Waals surface area contributed by atoms with Crippen LogP contribution in [0.2, 0.25) is 0 Å². The molecule has 0 amide bonds. The van der Waals surface area contributed by atoms with Crippen LogP contribution in [0.3, 0.4) is 0 Å². The van der Waals surface area contributed by atoms with E-state index in [4.69, 9.17) is 0 Å². The van der Waals surface area contributed by atoms with Crippen molar-refractivity contribution < 1.29 is 13.2 Å². The van der Waals surface area contributed by atoms with Gasteiger partial charge in [-0.2, -0.15) is 13.2 Å². The Hall–Kier alpha value is -1.10. The van der Waals surface area contributed by atoms with Crippen molar-refractivity contribution in [2.45, 2.75) is 11.5 Å². The quantitative estimate of drug-likeness (QED) is 0.719. The third-order valence-electron chi connectivity index (χ3n) is 2.21. The van der Waals surface area contributed by atoms with E-state index in [1.807, 2.05) is 0 Å². The van der Waals surface area contributed by atoms with Crippen molar-refractivity contribution in [3.05, 3.63) is 41.6 Å². The van der Waals surface area contributed by atoms with Gasteiger partial charge in [0.15, 0.2) is 0 Å². The fourth-order valence-electron chi connectivity index (χ4n) is 1.42. The average molecular weight is 290 g/mol. The van der Waals surface area contributed by atoms with Gasteiger partial charge in [-0.05, 0) is 24.3 Å². The second-order valence-electron chi connectivity index (χ2n) is 3.34. The Kier molecular flexibility index (Phi) is 2.88. The first kappa shape index (κ1) is 11.4. The van der Waals surface area contributed by atoms with Crippen LogP contribution < -0.4 is 0 Å². The zero-order chi connectivity index (χ0) is 11.8. The van der Waals surface area contributed by atoms with Gasteiger partial charge >= 0.3 is 6.18 Å². The number of halogens is 4. The summed E-state index contributed by atoms with van der Waals surface area (Å²) in [5.41, 5.74) is 0.727. The maximum absolute atomic E-state index is 12.4. The zero-order valence-corrected chi connectivity index (χ0v) is 9.64. The minimum absolute atomic E-state index is 0.500. The lowest BCUT2D eigenvalue weighted by Crippen LogP contribution is -2.04. The van der Waals surface area contributed by atoms with Crippen LogP contribution in [0, 0.1) is 0 Å². The molecule has 0 N–H and O–H groups in total. The molecule has 0 saturated carbocycles. The van der Waals surface area contributed by atoms with E-state index >= 15 is 0 Å². The summed E-state index contributed by atoms with van der Waals surface area (Å²) >= 11 is 3.25. The monoisotopic (exact) mass is 289 g/mol. The molecule has 0 bridgehead atoms. The molecule has 0 fully saturated rings. The molecule has 0 aliphatic rings. The van der Waals surface area contributed by atoms with Gasteiger partial charge in [0.25, 0.3) is 0 Å². The van der Waals surface area contributed by atoms with Crippen LogP contribution in [-0.4, -0.2) is 4.98 Å². The minimum atomic E-state index is -4.30. The maximum atomic E-state index is 12.4. The first-order valence-corrected chi connectivity index (χ1v) is 5.66. The summed E-state index contributed by atoms with van der Waals surface area (Å²) in [4.78, 5) is 4.20. The number of aromatic nitrogens is 1. The van der Waals surface area contributed by atoms with Crippen molar-refractivity contribution in [3.8, 4) is 0 Å². The van der Waals surface area contributed by atoms with Crippen LogP contribution in [0.1, 0.15) is 11.3 Å². The Balaban J connectivity index is 2.56. The Morgan fingerprint density at radius 3 is 2.50 bits per heavy atom. The maximum Gasteiger partial charge on any atom is 0.416 e. The standard InChI is InChI=1S/C11H7BrF3N/c12-6-9-3-1-7-5-8(11(13,14)15)2-4-10(7)16-9/h1-5H,6H2. The molecule has 1 aromatic heterocycles. The molecular weight excluding hydrogens is 283 g/mol. The van der Waals surface area contributed by atoms with Crippen LogP contribution in [0.15, 0.2) is 30.3 Å². The highest BCUT2D eigenvalue weighted by Gasteiger charge is 2.30. The number of fused-ring (bicyclic) bond motifs is 1. The van der Waals surface area contributed by atoms with Crippen molar-refractivity contribution in [1.82, 2.24) is 4.98 Å². The number of alkyl halides is 4. The Morgan fingerprint density at radius 2 is 1.88 bits per heavy atom. The number of hydrogen-bond acceptors (Lipinski definition) is 1. The number of benzene rings is 1. The van der Waals surface area contributed by atoms with Crippen LogP contribution >= 0.6 is 15.9 Å². The second kappa shape index (κ2) is 4.05. The Morgan fingerprint density at radius 1 is 1.12 bits per heavy atom. The van der Waals surface area contributed by atoms with Crippen molar-refractivity contribution in [2.75, 3.05) is 0 Å². The average Bonchev–Trinajstić information content (AvgIpc) is 2.26. The molecule has 0 aliphatic carbocycles. The van der Waals surface area contributed by atoms with Gasteiger partial charge in [-0.1, -0.05) is 22.0 Å². The van der Waals surface area contributed by atoms with Gasteiger partial charge in [-0.25, -0.2) is 0 Å². The van der Waals surface area contributed by atoms with Crippen molar-refractivity contribution >= 4 is 26.8 Å². The minimum Gasteiger partial charge on any atom is -0.252 e. The SMILES string of the molecule is FC(F)(F)c1ccc2nc(CBr)ccc2c1. The van der Waals surface area contributed by atoms with Crippen LogP contribution in [0.25, 0.3) is 10.9 Å². The highest BCUT2D eigenvalue weighted by atomic mass is 79.9. The van der Waals surface area contributed by atoms with Gasteiger partial charge < -0.3 is 0 Å². The van der Waals surface area contributed by atoms with Crippen LogP contribution in [0.4, 0.5) is 13.2 Å². The van der Waals surface area contributed by atoms with E-state index in [1.165, 1.54) is 6.07 Å². The summed E-state index contributed by atoms with van der Waals surface area (Å²) in [5, 5.41) is 1.09. The van der Waals surface area contributed by atoms with Crippen LogP contribution in [-0.2, 0) is 11.5 Å². The smallest absolute Gasteiger partial charge is 0.252 e. The van der Waals surface area contributed by atoms with E-state index in [-0.39, 0.29) is 0 Å². The normalized spacial score (nSPS) is 12.0. The van der Waals surface area contributed by atoms with E-state index < -0.39 is 11.7 Å². The van der Waals surface area contributed by atoms with Gasteiger partial charge in [0.05, 0.1) is 16.8 Å². The molecule has 0 radical (unpaired) electrons. The molecule has 0 spiro atoms. The topological polar surface area (TPSA) is 12.9 Å². The van der Waals surface area contributed by atoms with E-state index in [0.29, 0.717) is 16.2 Å². The fraction of sp³-hybridized carbons (Fsp3) is 0.182. The first-order valence-electron chi connectivity index (χ1n) is 4.53. The van der Waals surface area contributed by atoms with Gasteiger partial charge in [0.2, 0.25) is 0 Å². The first-order chi connectivity index (χ1) is 7.50. The molecule has 5 heteroatoms. The number of pyridine rings is 1. The summed E-state index contributed by atoms with van der Waals surface area (Å²) < 4.78 is 37.3. The second-order valence-corrected chi connectivity index (χ2v) is 3.90. The van der Waals surface area contributed by atoms with Gasteiger partial charge in [-0.3, -0.25) is 4.98 Å². The summed E-state index contributed by atoms with van der Waals surface area (Å²) in [7, 11) is 0. The third-order valence-corrected chi connectivity index (χ3v) is 2.79. The van der Waals surface area contributed by atoms with Crippen molar-refractivity contribution in [2.24, 2.45) is 0 Å². The number of rotatable bonds is 1. The van der Waals surface area contributed by atoms with Crippen molar-refractivity contribution in [1.29, 1.82) is 0 Å². The predicted molar refractivity (Wildman–Crippen MR) is 59.4 cm³/mol. The third kappa shape index (κ3) is 2.19. The predicted octanol–water partition coefficient (Wildman–Crippen LogP) is 4.15. The van der Waals surface area contributed by atoms with Crippen LogP contribution in [0.5, 0.6) is 0 Å². The summed E-state index contributed by atoms with van der Waals surface area (Å²) in [6, 6.07) is 6.91. The van der Waals surface area contributed by atoms with Gasteiger partial charge in [0.1, 0.15) is 0 Å². The Labute approximate surface area is 98.4 Å². The Bertz CT molecular complexity index is 522. The zero-order valence-electron chi connectivity index (χ0n) is 8.05. The molecule has 84 valence electrons. The highest BCUT2D eigenvalue weighted by Crippen LogP contribution is 2.31. The highest BCUT2D eigenvalue weighted by molar-refractivity contribution is 9.08. The lowest BCUT2D eigenvalue weighted by molar-refractivity contribution is -0.137. The molecule has 0 unspecified atom stereocenters. The summed E-state index contributed by atoms with van der Waals surface area (Å²) in [5.74, 6) is 0. The van der Waals surface area contributed by atoms with Gasteiger partial charge in [-0.15, -0.1) is 0 Å². The molecule has 0 aliphatic heterocycles. The lowest BCUT2D eigenvalue weighted by Gasteiger charge is -2.07. The summed E-state index contributed by atoms with van der Waals surface area (Å²) in [6.45, 7) is 0. The van der Waals surface area contributed by atoms with E-state index in [2.05, 4.69) is 20.9 Å². The fourth-order valence-corrected chi connectivity index (χ4v) is 1.73. The summed E-state index contributed by atoms with van der Waals surface area (Å²) in [6.07, 6.45) is -4.30. The molecule has 2 aromatic rings. The molecule has 1 heterocycles. The largest absolute Gasteiger partial charge is 0.416 e. The molecule has 1 aromatic carbocycles.